The van der Waals surface area contributed by atoms with Crippen molar-refractivity contribution in [3.05, 3.63) is 52.4 Å². The Morgan fingerprint density at radius 2 is 1.55 bits per heavy atom. The molecule has 0 spiro atoms. The van der Waals surface area contributed by atoms with Gasteiger partial charge in [-0.1, -0.05) is 12.1 Å². The molecule has 0 atom stereocenters. The molecule has 1 N–H and O–H groups in total. The van der Waals surface area contributed by atoms with Crippen LogP contribution >= 0.6 is 0 Å². The summed E-state index contributed by atoms with van der Waals surface area (Å²) < 4.78 is 15.4. The summed E-state index contributed by atoms with van der Waals surface area (Å²) >= 11 is 0. The molecular formula is C16H13NO5. The van der Waals surface area contributed by atoms with Gasteiger partial charge in [-0.05, 0) is 17.7 Å². The maximum atomic E-state index is 12.1. The van der Waals surface area contributed by atoms with E-state index in [4.69, 9.17) is 14.2 Å². The summed E-state index contributed by atoms with van der Waals surface area (Å²) in [5, 5.41) is 3.10. The van der Waals surface area contributed by atoms with Gasteiger partial charge in [0.05, 0.1) is 35.6 Å². The van der Waals surface area contributed by atoms with E-state index >= 15 is 0 Å². The molecule has 0 saturated carbocycles. The van der Waals surface area contributed by atoms with Crippen LogP contribution < -0.4 is 10.1 Å². The molecule has 0 fully saturated rings. The summed E-state index contributed by atoms with van der Waals surface area (Å²) in [4.78, 5) is 24.2. The zero-order chi connectivity index (χ0) is 15.3. The fourth-order valence-electron chi connectivity index (χ4n) is 3.08. The van der Waals surface area contributed by atoms with Crippen LogP contribution in [0.15, 0.2) is 46.8 Å². The first-order valence-electron chi connectivity index (χ1n) is 6.90. The van der Waals surface area contributed by atoms with Gasteiger partial charge in [0.2, 0.25) is 0 Å². The second-order valence-electron chi connectivity index (χ2n) is 5.27. The highest BCUT2D eigenvalue weighted by molar-refractivity contribution is 6.02. The highest BCUT2D eigenvalue weighted by Gasteiger charge is 2.45. The molecule has 112 valence electrons. The van der Waals surface area contributed by atoms with E-state index in [-0.39, 0.29) is 13.2 Å². The number of cyclic esters (lactones) is 2. The number of hydrogen-bond donors (Lipinski definition) is 1. The molecule has 6 nitrogen and oxygen atoms in total. The van der Waals surface area contributed by atoms with E-state index in [1.54, 1.807) is 19.2 Å². The van der Waals surface area contributed by atoms with Gasteiger partial charge in [-0.15, -0.1) is 0 Å². The highest BCUT2D eigenvalue weighted by atomic mass is 16.5. The van der Waals surface area contributed by atoms with Crippen molar-refractivity contribution in [1.82, 2.24) is 5.32 Å². The number of ether oxygens (including phenoxy) is 3. The topological polar surface area (TPSA) is 73.9 Å². The van der Waals surface area contributed by atoms with E-state index in [0.29, 0.717) is 28.3 Å². The minimum atomic E-state index is -0.456. The standard InChI is InChI=1S/C16H13NO5/c1-20-9-4-2-8(3-5-9)12-13-10(6-21-15(13)18)17-11-7-22-16(19)14(11)12/h2-5,12,17H,6-7H2,1H3. The van der Waals surface area contributed by atoms with Crippen molar-refractivity contribution in [2.45, 2.75) is 5.92 Å². The Morgan fingerprint density at radius 1 is 1.00 bits per heavy atom. The number of hydrogen-bond acceptors (Lipinski definition) is 6. The Kier molecular flexibility index (Phi) is 2.72. The molecule has 22 heavy (non-hydrogen) atoms. The van der Waals surface area contributed by atoms with Gasteiger partial charge in [0.15, 0.2) is 0 Å². The zero-order valence-corrected chi connectivity index (χ0v) is 11.8. The van der Waals surface area contributed by atoms with Crippen molar-refractivity contribution >= 4 is 11.9 Å². The van der Waals surface area contributed by atoms with Gasteiger partial charge in [-0.2, -0.15) is 0 Å². The van der Waals surface area contributed by atoms with Crippen molar-refractivity contribution in [3.8, 4) is 5.75 Å². The third kappa shape index (κ3) is 1.73. The minimum Gasteiger partial charge on any atom is -0.497 e. The molecular weight excluding hydrogens is 286 g/mol. The number of methoxy groups -OCH3 is 1. The smallest absolute Gasteiger partial charge is 0.337 e. The third-order valence-electron chi connectivity index (χ3n) is 4.11. The zero-order valence-electron chi connectivity index (χ0n) is 11.8. The van der Waals surface area contributed by atoms with Crippen LogP contribution in [0.5, 0.6) is 5.75 Å². The van der Waals surface area contributed by atoms with Crippen LogP contribution in [-0.4, -0.2) is 32.3 Å². The van der Waals surface area contributed by atoms with Crippen molar-refractivity contribution in [3.63, 3.8) is 0 Å². The van der Waals surface area contributed by atoms with Crippen LogP contribution in [0.3, 0.4) is 0 Å². The second kappa shape index (κ2) is 4.62. The predicted molar refractivity (Wildman–Crippen MR) is 74.8 cm³/mol. The number of nitrogens with one attached hydrogen (secondary N) is 1. The molecule has 6 heteroatoms. The summed E-state index contributed by atoms with van der Waals surface area (Å²) in [5.41, 5.74) is 3.23. The first-order chi connectivity index (χ1) is 10.7. The lowest BCUT2D eigenvalue weighted by Crippen LogP contribution is -2.27. The third-order valence-corrected chi connectivity index (χ3v) is 4.11. The van der Waals surface area contributed by atoms with Crippen LogP contribution in [0.2, 0.25) is 0 Å². The Balaban J connectivity index is 1.85. The largest absolute Gasteiger partial charge is 0.497 e. The number of esters is 2. The van der Waals surface area contributed by atoms with Gasteiger partial charge >= 0.3 is 11.9 Å². The number of carbonyl (C=O) groups excluding carboxylic acids is 2. The fraction of sp³-hybridized carbons (Fsp3) is 0.250. The second-order valence-corrected chi connectivity index (χ2v) is 5.27. The van der Waals surface area contributed by atoms with Crippen LogP contribution in [0.25, 0.3) is 0 Å². The lowest BCUT2D eigenvalue weighted by molar-refractivity contribution is -0.136. The summed E-state index contributed by atoms with van der Waals surface area (Å²) in [6.07, 6.45) is 0. The molecule has 1 aromatic carbocycles. The van der Waals surface area contributed by atoms with Crippen molar-refractivity contribution in [2.24, 2.45) is 0 Å². The van der Waals surface area contributed by atoms with Gasteiger partial charge in [0, 0.05) is 0 Å². The SMILES string of the molecule is COc1ccc(C2C3=C(COC3=O)NC3=C2C(=O)OC3)cc1. The normalized spacial score (nSPS) is 20.4. The van der Waals surface area contributed by atoms with Crippen molar-refractivity contribution in [2.75, 3.05) is 20.3 Å². The van der Waals surface area contributed by atoms with Gasteiger partial charge in [-0.25, -0.2) is 9.59 Å². The van der Waals surface area contributed by atoms with E-state index in [2.05, 4.69) is 5.32 Å². The summed E-state index contributed by atoms with van der Waals surface area (Å²) in [7, 11) is 1.59. The maximum absolute atomic E-state index is 12.1. The Bertz CT molecular complexity index is 704. The minimum absolute atomic E-state index is 0.200. The monoisotopic (exact) mass is 299 g/mol. The van der Waals surface area contributed by atoms with Gasteiger partial charge in [-0.3, -0.25) is 0 Å². The lowest BCUT2D eigenvalue weighted by atomic mass is 9.81. The molecule has 0 unspecified atom stereocenters. The quantitative estimate of drug-likeness (QED) is 0.821. The molecule has 3 heterocycles. The molecule has 0 saturated heterocycles. The van der Waals surface area contributed by atoms with Gasteiger partial charge < -0.3 is 19.5 Å². The predicted octanol–water partition coefficient (Wildman–Crippen LogP) is 1.00. The number of dihydropyridines is 1. The van der Waals surface area contributed by atoms with E-state index in [1.807, 2.05) is 12.1 Å². The Labute approximate surface area is 126 Å². The average molecular weight is 299 g/mol. The highest BCUT2D eigenvalue weighted by Crippen LogP contribution is 2.43. The van der Waals surface area contributed by atoms with E-state index in [0.717, 1.165) is 5.56 Å². The van der Waals surface area contributed by atoms with Crippen LogP contribution in [-0.2, 0) is 19.1 Å². The number of rotatable bonds is 2. The van der Waals surface area contributed by atoms with E-state index < -0.39 is 17.9 Å². The average Bonchev–Trinajstić information content (AvgIpc) is 3.10. The molecule has 0 aliphatic carbocycles. The molecule has 0 aromatic heterocycles. The molecule has 1 aromatic rings. The molecule has 0 bridgehead atoms. The number of benzene rings is 1. The van der Waals surface area contributed by atoms with Crippen LogP contribution in [0, 0.1) is 0 Å². The first-order valence-corrected chi connectivity index (χ1v) is 6.90. The first kappa shape index (κ1) is 12.9. The molecule has 3 aliphatic rings. The molecule has 3 aliphatic heterocycles. The molecule has 0 amide bonds. The van der Waals surface area contributed by atoms with Gasteiger partial charge in [0.25, 0.3) is 0 Å². The Hall–Kier alpha value is -2.76. The number of carbonyl (C=O) groups is 2. The summed E-state index contributed by atoms with van der Waals surface area (Å²) in [6.45, 7) is 0.400. The van der Waals surface area contributed by atoms with Crippen molar-refractivity contribution < 1.29 is 23.8 Å². The van der Waals surface area contributed by atoms with E-state index in [9.17, 15) is 9.59 Å². The Morgan fingerprint density at radius 3 is 2.05 bits per heavy atom. The molecule has 0 radical (unpaired) electrons. The lowest BCUT2D eigenvalue weighted by Gasteiger charge is -2.24. The summed E-state index contributed by atoms with van der Waals surface area (Å²) in [5.74, 6) is -0.532. The van der Waals surface area contributed by atoms with Crippen molar-refractivity contribution in [1.29, 1.82) is 0 Å². The van der Waals surface area contributed by atoms with Gasteiger partial charge in [0.1, 0.15) is 19.0 Å². The van der Waals surface area contributed by atoms with E-state index in [1.165, 1.54) is 0 Å². The van der Waals surface area contributed by atoms with Crippen LogP contribution in [0.1, 0.15) is 11.5 Å². The van der Waals surface area contributed by atoms with Crippen LogP contribution in [0.4, 0.5) is 0 Å². The summed E-state index contributed by atoms with van der Waals surface area (Å²) in [6, 6.07) is 7.30. The fourth-order valence-corrected chi connectivity index (χ4v) is 3.08. The maximum Gasteiger partial charge on any atom is 0.337 e. The molecule has 4 rings (SSSR count).